The Morgan fingerprint density at radius 2 is 1.50 bits per heavy atom. The van der Waals surface area contributed by atoms with Crippen LogP contribution in [-0.4, -0.2) is 9.55 Å². The highest BCUT2D eigenvalue weighted by atomic mass is 15.2. The number of nitrogens with zero attached hydrogens (tertiary/aromatic N) is 3. The van der Waals surface area contributed by atoms with Crippen molar-refractivity contribution in [2.45, 2.75) is 26.2 Å². The van der Waals surface area contributed by atoms with Gasteiger partial charge in [-0.15, -0.1) is 0 Å². The van der Waals surface area contributed by atoms with E-state index in [1.54, 1.807) is 0 Å². The standard InChI is InChI=1S/C33H27N3/c1-22-11-4-6-15-28(22)35(31-17-8-9-20-34-31)23-18-19-29-25(21-23)24-12-10-14-27-32(24)36(29)30-16-7-5-13-26(30)33(27,2)3/h4-21H,1-3H3. The molecule has 0 spiro atoms. The molecule has 7 rings (SSSR count). The van der Waals surface area contributed by atoms with Crippen LogP contribution in [0.3, 0.4) is 0 Å². The zero-order valence-electron chi connectivity index (χ0n) is 20.7. The van der Waals surface area contributed by atoms with Gasteiger partial charge < -0.3 is 4.57 Å². The molecule has 0 saturated carbocycles. The molecule has 0 amide bonds. The first kappa shape index (κ1) is 21.0. The zero-order valence-corrected chi connectivity index (χ0v) is 20.7. The Hall–Kier alpha value is -4.37. The lowest BCUT2D eigenvalue weighted by atomic mass is 9.75. The van der Waals surface area contributed by atoms with E-state index >= 15 is 0 Å². The van der Waals surface area contributed by atoms with Crippen molar-refractivity contribution in [3.05, 3.63) is 126 Å². The molecule has 0 unspecified atom stereocenters. The summed E-state index contributed by atoms with van der Waals surface area (Å²) in [7, 11) is 0. The van der Waals surface area contributed by atoms with Crippen LogP contribution >= 0.6 is 0 Å². The summed E-state index contributed by atoms with van der Waals surface area (Å²) in [6.07, 6.45) is 1.86. The maximum atomic E-state index is 4.73. The maximum Gasteiger partial charge on any atom is 0.137 e. The monoisotopic (exact) mass is 465 g/mol. The summed E-state index contributed by atoms with van der Waals surface area (Å²) in [6.45, 7) is 6.84. The van der Waals surface area contributed by atoms with E-state index in [9.17, 15) is 0 Å². The number of rotatable bonds is 3. The molecule has 3 heteroatoms. The van der Waals surface area contributed by atoms with Gasteiger partial charge in [-0.1, -0.05) is 74.5 Å². The lowest BCUT2D eigenvalue weighted by Gasteiger charge is -2.34. The van der Waals surface area contributed by atoms with Gasteiger partial charge in [-0.3, -0.25) is 4.90 Å². The number of anilines is 3. The van der Waals surface area contributed by atoms with E-state index in [0.717, 1.165) is 17.2 Å². The molecule has 3 nitrogen and oxygen atoms in total. The van der Waals surface area contributed by atoms with E-state index in [1.165, 1.54) is 44.2 Å². The molecular formula is C33H27N3. The number of hydrogen-bond acceptors (Lipinski definition) is 2. The molecule has 0 atom stereocenters. The molecule has 1 aliphatic rings. The fraction of sp³-hybridized carbons (Fsp3) is 0.121. The highest BCUT2D eigenvalue weighted by molar-refractivity contribution is 6.12. The van der Waals surface area contributed by atoms with Gasteiger partial charge in [0.1, 0.15) is 5.82 Å². The second-order valence-corrected chi connectivity index (χ2v) is 10.2. The largest absolute Gasteiger partial charge is 0.309 e. The Bertz CT molecular complexity index is 1780. The van der Waals surface area contributed by atoms with Crippen LogP contribution in [0.2, 0.25) is 0 Å². The molecule has 0 saturated heterocycles. The minimum absolute atomic E-state index is 0.0650. The van der Waals surface area contributed by atoms with Crippen molar-refractivity contribution in [2.75, 3.05) is 4.90 Å². The van der Waals surface area contributed by atoms with Gasteiger partial charge in [0, 0.05) is 28.1 Å². The van der Waals surface area contributed by atoms with Gasteiger partial charge in [-0.05, 0) is 66.1 Å². The first-order valence-corrected chi connectivity index (χ1v) is 12.5. The van der Waals surface area contributed by atoms with Crippen LogP contribution in [0.4, 0.5) is 17.2 Å². The van der Waals surface area contributed by atoms with Gasteiger partial charge in [-0.25, -0.2) is 4.98 Å². The van der Waals surface area contributed by atoms with Gasteiger partial charge in [0.05, 0.1) is 22.4 Å². The Labute approximate surface area is 211 Å². The molecule has 0 bridgehead atoms. The number of pyridine rings is 1. The Balaban J connectivity index is 1.55. The van der Waals surface area contributed by atoms with E-state index in [0.29, 0.717) is 0 Å². The smallest absolute Gasteiger partial charge is 0.137 e. The van der Waals surface area contributed by atoms with Crippen molar-refractivity contribution in [3.8, 4) is 5.69 Å². The molecule has 0 N–H and O–H groups in total. The summed E-state index contributed by atoms with van der Waals surface area (Å²) >= 11 is 0. The third-order valence-corrected chi connectivity index (χ3v) is 7.76. The summed E-state index contributed by atoms with van der Waals surface area (Å²) in [5.74, 6) is 0.909. The molecule has 36 heavy (non-hydrogen) atoms. The van der Waals surface area contributed by atoms with Crippen LogP contribution in [0.1, 0.15) is 30.5 Å². The van der Waals surface area contributed by atoms with Gasteiger partial charge >= 0.3 is 0 Å². The lowest BCUT2D eigenvalue weighted by Crippen LogP contribution is -2.26. The molecule has 0 fully saturated rings. The Morgan fingerprint density at radius 1 is 0.722 bits per heavy atom. The van der Waals surface area contributed by atoms with Crippen LogP contribution in [0.25, 0.3) is 27.5 Å². The second-order valence-electron chi connectivity index (χ2n) is 10.2. The van der Waals surface area contributed by atoms with Crippen molar-refractivity contribution in [2.24, 2.45) is 0 Å². The average molecular weight is 466 g/mol. The quantitative estimate of drug-likeness (QED) is 0.261. The number of fused-ring (bicyclic) bond motifs is 5. The first-order valence-electron chi connectivity index (χ1n) is 12.5. The lowest BCUT2D eigenvalue weighted by molar-refractivity contribution is 0.630. The fourth-order valence-electron chi connectivity index (χ4n) is 5.99. The summed E-state index contributed by atoms with van der Waals surface area (Å²) in [5, 5.41) is 2.55. The van der Waals surface area contributed by atoms with E-state index in [1.807, 2.05) is 18.3 Å². The molecule has 1 aliphatic heterocycles. The summed E-state index contributed by atoms with van der Waals surface area (Å²) < 4.78 is 2.46. The van der Waals surface area contributed by atoms with Crippen LogP contribution in [0.5, 0.6) is 0 Å². The normalized spacial score (nSPS) is 13.6. The Morgan fingerprint density at radius 3 is 2.33 bits per heavy atom. The number of aryl methyl sites for hydroxylation is 1. The molecule has 2 aromatic heterocycles. The number of aromatic nitrogens is 2. The minimum atomic E-state index is -0.0650. The van der Waals surface area contributed by atoms with Gasteiger partial charge in [-0.2, -0.15) is 0 Å². The van der Waals surface area contributed by atoms with Crippen molar-refractivity contribution in [1.82, 2.24) is 9.55 Å². The predicted octanol–water partition coefficient (Wildman–Crippen LogP) is 8.60. The van der Waals surface area contributed by atoms with Crippen molar-refractivity contribution in [1.29, 1.82) is 0 Å². The average Bonchev–Trinajstić information content (AvgIpc) is 3.24. The third-order valence-electron chi connectivity index (χ3n) is 7.76. The minimum Gasteiger partial charge on any atom is -0.309 e. The Kier molecular flexibility index (Phi) is 4.40. The van der Waals surface area contributed by atoms with Gasteiger partial charge in [0.15, 0.2) is 0 Å². The number of para-hydroxylation sites is 3. The van der Waals surface area contributed by atoms with Gasteiger partial charge in [0.2, 0.25) is 0 Å². The van der Waals surface area contributed by atoms with E-state index in [4.69, 9.17) is 4.98 Å². The van der Waals surface area contributed by atoms with Gasteiger partial charge in [0.25, 0.3) is 0 Å². The second kappa shape index (κ2) is 7.56. The van der Waals surface area contributed by atoms with E-state index in [2.05, 4.69) is 121 Å². The summed E-state index contributed by atoms with van der Waals surface area (Å²) in [6, 6.07) is 37.0. The molecule has 174 valence electrons. The third kappa shape index (κ3) is 2.83. The molecule has 4 aromatic carbocycles. The maximum absolute atomic E-state index is 4.73. The SMILES string of the molecule is Cc1ccccc1N(c1ccc2c(c1)c1cccc3c1n2-c1ccccc1C3(C)C)c1ccccn1. The van der Waals surface area contributed by atoms with Crippen molar-refractivity contribution in [3.63, 3.8) is 0 Å². The molecular weight excluding hydrogens is 438 g/mol. The molecule has 0 radical (unpaired) electrons. The molecule has 6 aromatic rings. The summed E-state index contributed by atoms with van der Waals surface area (Å²) in [4.78, 5) is 6.99. The van der Waals surface area contributed by atoms with Crippen LogP contribution in [0, 0.1) is 6.92 Å². The fourth-order valence-corrected chi connectivity index (χ4v) is 5.99. The van der Waals surface area contributed by atoms with Crippen LogP contribution in [0.15, 0.2) is 109 Å². The zero-order chi connectivity index (χ0) is 24.4. The van der Waals surface area contributed by atoms with Crippen LogP contribution in [-0.2, 0) is 5.41 Å². The highest BCUT2D eigenvalue weighted by Gasteiger charge is 2.34. The highest BCUT2D eigenvalue weighted by Crippen LogP contribution is 2.48. The van der Waals surface area contributed by atoms with E-state index < -0.39 is 0 Å². The van der Waals surface area contributed by atoms with Crippen LogP contribution < -0.4 is 4.90 Å². The first-order chi connectivity index (χ1) is 17.6. The molecule has 0 aliphatic carbocycles. The van der Waals surface area contributed by atoms with Crippen molar-refractivity contribution < 1.29 is 0 Å². The van der Waals surface area contributed by atoms with E-state index in [-0.39, 0.29) is 5.41 Å². The summed E-state index contributed by atoms with van der Waals surface area (Å²) in [5.41, 5.74) is 9.94. The predicted molar refractivity (Wildman–Crippen MR) is 150 cm³/mol. The molecule has 3 heterocycles. The topological polar surface area (TPSA) is 21.1 Å². The van der Waals surface area contributed by atoms with Crippen molar-refractivity contribution >= 4 is 39.0 Å². The number of benzene rings is 4. The number of hydrogen-bond donors (Lipinski definition) is 0.